The van der Waals surface area contributed by atoms with E-state index in [-0.39, 0.29) is 5.38 Å². The first kappa shape index (κ1) is 12.5. The Morgan fingerprint density at radius 2 is 1.72 bits per heavy atom. The molecule has 0 radical (unpaired) electrons. The predicted octanol–water partition coefficient (Wildman–Crippen LogP) is 3.94. The number of aryl methyl sites for hydroxylation is 2. The lowest BCUT2D eigenvalue weighted by Gasteiger charge is -2.21. The third kappa shape index (κ3) is 2.73. The van der Waals surface area contributed by atoms with Gasteiger partial charge in [0.15, 0.2) is 0 Å². The van der Waals surface area contributed by atoms with Gasteiger partial charge in [-0.25, -0.2) is 0 Å². The van der Waals surface area contributed by atoms with Gasteiger partial charge < -0.3 is 4.90 Å². The molecule has 0 aromatic heterocycles. The molecule has 1 atom stereocenters. The second kappa shape index (κ2) is 5.63. The summed E-state index contributed by atoms with van der Waals surface area (Å²) in [6.45, 7) is 3.47. The van der Waals surface area contributed by atoms with E-state index in [9.17, 15) is 0 Å². The van der Waals surface area contributed by atoms with Crippen LogP contribution in [0.15, 0.2) is 18.2 Å². The molecule has 0 spiro atoms. The van der Waals surface area contributed by atoms with E-state index >= 15 is 0 Å². The molecule has 0 N–H and O–H groups in total. The van der Waals surface area contributed by atoms with Crippen molar-refractivity contribution in [2.75, 3.05) is 19.6 Å². The van der Waals surface area contributed by atoms with E-state index < -0.39 is 0 Å². The molecule has 3 rings (SSSR count). The molecular weight excluding hydrogens is 242 g/mol. The van der Waals surface area contributed by atoms with Crippen LogP contribution in [-0.4, -0.2) is 24.5 Å². The second-order valence-corrected chi connectivity index (χ2v) is 6.24. The van der Waals surface area contributed by atoms with Gasteiger partial charge in [-0.05, 0) is 68.3 Å². The van der Waals surface area contributed by atoms with Gasteiger partial charge in [-0.3, -0.25) is 0 Å². The predicted molar refractivity (Wildman–Crippen MR) is 77.4 cm³/mol. The van der Waals surface area contributed by atoms with Crippen LogP contribution in [0.4, 0.5) is 0 Å². The minimum absolute atomic E-state index is 0.162. The highest BCUT2D eigenvalue weighted by Gasteiger charge is 2.18. The number of likely N-dealkylation sites (tertiary alicyclic amines) is 1. The van der Waals surface area contributed by atoms with E-state index in [1.165, 1.54) is 57.2 Å². The van der Waals surface area contributed by atoms with E-state index in [1.807, 2.05) is 0 Å². The van der Waals surface area contributed by atoms with E-state index in [0.717, 1.165) is 6.54 Å². The molecule has 1 saturated heterocycles. The van der Waals surface area contributed by atoms with E-state index in [2.05, 4.69) is 23.1 Å². The molecule has 2 aliphatic rings. The SMILES string of the molecule is ClC(CN1CCCC1)c1ccc2c(c1)CCCC2. The monoisotopic (exact) mass is 263 g/mol. The summed E-state index contributed by atoms with van der Waals surface area (Å²) >= 11 is 6.59. The summed E-state index contributed by atoms with van der Waals surface area (Å²) in [5.74, 6) is 0. The first-order chi connectivity index (χ1) is 8.83. The van der Waals surface area contributed by atoms with Crippen molar-refractivity contribution in [3.63, 3.8) is 0 Å². The maximum absolute atomic E-state index is 6.59. The quantitative estimate of drug-likeness (QED) is 0.747. The van der Waals surface area contributed by atoms with Crippen molar-refractivity contribution in [2.45, 2.75) is 43.9 Å². The van der Waals surface area contributed by atoms with Crippen LogP contribution in [0, 0.1) is 0 Å². The number of fused-ring (bicyclic) bond motifs is 1. The van der Waals surface area contributed by atoms with Crippen molar-refractivity contribution >= 4 is 11.6 Å². The summed E-state index contributed by atoms with van der Waals surface area (Å²) in [7, 11) is 0. The van der Waals surface area contributed by atoms with Crippen LogP contribution >= 0.6 is 11.6 Å². The second-order valence-electron chi connectivity index (χ2n) is 5.71. The number of halogens is 1. The Kier molecular flexibility index (Phi) is 3.91. The molecule has 1 fully saturated rings. The maximum Gasteiger partial charge on any atom is 0.0712 e. The number of hydrogen-bond acceptors (Lipinski definition) is 1. The molecule has 0 bridgehead atoms. The molecule has 1 unspecified atom stereocenters. The lowest BCUT2D eigenvalue weighted by molar-refractivity contribution is 0.339. The smallest absolute Gasteiger partial charge is 0.0712 e. The molecule has 0 amide bonds. The Labute approximate surface area is 115 Å². The van der Waals surface area contributed by atoms with Crippen LogP contribution in [0.25, 0.3) is 0 Å². The molecule has 2 heteroatoms. The van der Waals surface area contributed by atoms with Crippen LogP contribution in [0.2, 0.25) is 0 Å². The Hall–Kier alpha value is -0.530. The average molecular weight is 264 g/mol. The van der Waals surface area contributed by atoms with Crippen LogP contribution in [-0.2, 0) is 12.8 Å². The fourth-order valence-corrected chi connectivity index (χ4v) is 3.58. The number of nitrogens with zero attached hydrogens (tertiary/aromatic N) is 1. The van der Waals surface area contributed by atoms with Crippen LogP contribution in [0.1, 0.15) is 47.8 Å². The van der Waals surface area contributed by atoms with E-state index in [1.54, 1.807) is 11.1 Å². The molecule has 0 saturated carbocycles. The fraction of sp³-hybridized carbons (Fsp3) is 0.625. The van der Waals surface area contributed by atoms with Crippen molar-refractivity contribution in [3.8, 4) is 0 Å². The highest BCUT2D eigenvalue weighted by molar-refractivity contribution is 6.21. The van der Waals surface area contributed by atoms with Crippen LogP contribution in [0.3, 0.4) is 0 Å². The Balaban J connectivity index is 1.70. The maximum atomic E-state index is 6.59. The van der Waals surface area contributed by atoms with Gasteiger partial charge >= 0.3 is 0 Å². The zero-order valence-corrected chi connectivity index (χ0v) is 11.8. The van der Waals surface area contributed by atoms with Crippen LogP contribution in [0.5, 0.6) is 0 Å². The largest absolute Gasteiger partial charge is 0.302 e. The van der Waals surface area contributed by atoms with Gasteiger partial charge in [-0.15, -0.1) is 11.6 Å². The average Bonchev–Trinajstić information content (AvgIpc) is 2.91. The van der Waals surface area contributed by atoms with Crippen molar-refractivity contribution < 1.29 is 0 Å². The lowest BCUT2D eigenvalue weighted by Crippen LogP contribution is -2.23. The highest BCUT2D eigenvalue weighted by atomic mass is 35.5. The van der Waals surface area contributed by atoms with Gasteiger partial charge in [0.2, 0.25) is 0 Å². The van der Waals surface area contributed by atoms with Crippen molar-refractivity contribution in [2.24, 2.45) is 0 Å². The number of hydrogen-bond donors (Lipinski definition) is 0. The summed E-state index contributed by atoms with van der Waals surface area (Å²) in [6, 6.07) is 6.92. The Bertz CT molecular complexity index is 410. The fourth-order valence-electron chi connectivity index (χ4n) is 3.25. The van der Waals surface area contributed by atoms with Crippen molar-refractivity contribution in [1.82, 2.24) is 4.90 Å². The standard InChI is InChI=1S/C16H22ClN/c17-16(12-18-9-3-4-10-18)15-8-7-13-5-1-2-6-14(13)11-15/h7-8,11,16H,1-6,9-10,12H2. The molecule has 98 valence electrons. The van der Waals surface area contributed by atoms with Gasteiger partial charge in [-0.2, -0.15) is 0 Å². The minimum Gasteiger partial charge on any atom is -0.302 e. The zero-order valence-electron chi connectivity index (χ0n) is 11.0. The highest BCUT2D eigenvalue weighted by Crippen LogP contribution is 2.28. The summed E-state index contributed by atoms with van der Waals surface area (Å²) in [6.07, 6.45) is 7.88. The summed E-state index contributed by atoms with van der Waals surface area (Å²) < 4.78 is 0. The molecule has 1 aliphatic carbocycles. The van der Waals surface area contributed by atoms with Gasteiger partial charge in [0.25, 0.3) is 0 Å². The van der Waals surface area contributed by atoms with Crippen molar-refractivity contribution in [1.29, 1.82) is 0 Å². The molecule has 18 heavy (non-hydrogen) atoms. The van der Waals surface area contributed by atoms with Gasteiger partial charge in [0, 0.05) is 6.54 Å². The van der Waals surface area contributed by atoms with E-state index in [0.29, 0.717) is 0 Å². The molecule has 1 aliphatic heterocycles. The Morgan fingerprint density at radius 1 is 1.00 bits per heavy atom. The molecule has 1 aromatic carbocycles. The van der Waals surface area contributed by atoms with Gasteiger partial charge in [-0.1, -0.05) is 18.2 Å². The van der Waals surface area contributed by atoms with Crippen LogP contribution < -0.4 is 0 Å². The number of alkyl halides is 1. The van der Waals surface area contributed by atoms with Gasteiger partial charge in [0.1, 0.15) is 0 Å². The molecular formula is C16H22ClN. The third-order valence-electron chi connectivity index (χ3n) is 4.35. The van der Waals surface area contributed by atoms with Gasteiger partial charge in [0.05, 0.1) is 5.38 Å². The summed E-state index contributed by atoms with van der Waals surface area (Å²) in [4.78, 5) is 2.50. The first-order valence-corrected chi connectivity index (χ1v) is 7.75. The van der Waals surface area contributed by atoms with Crippen molar-refractivity contribution in [3.05, 3.63) is 34.9 Å². The summed E-state index contributed by atoms with van der Waals surface area (Å²) in [5, 5.41) is 0.162. The normalized spacial score (nSPS) is 21.8. The van der Waals surface area contributed by atoms with E-state index in [4.69, 9.17) is 11.6 Å². The zero-order chi connectivity index (χ0) is 12.4. The molecule has 1 aromatic rings. The first-order valence-electron chi connectivity index (χ1n) is 7.31. The molecule has 1 heterocycles. The molecule has 1 nitrogen and oxygen atoms in total. The summed E-state index contributed by atoms with van der Waals surface area (Å²) in [5.41, 5.74) is 4.42. The lowest BCUT2D eigenvalue weighted by atomic mass is 9.90. The number of benzene rings is 1. The minimum atomic E-state index is 0.162. The third-order valence-corrected chi connectivity index (χ3v) is 4.74. The number of rotatable bonds is 3. The topological polar surface area (TPSA) is 3.24 Å². The Morgan fingerprint density at radius 3 is 2.50 bits per heavy atom.